The van der Waals surface area contributed by atoms with Crippen LogP contribution in [0, 0.1) is 0 Å². The van der Waals surface area contributed by atoms with Crippen LogP contribution in [0.25, 0.3) is 0 Å². The van der Waals surface area contributed by atoms with E-state index in [1.54, 1.807) is 21.1 Å². The van der Waals surface area contributed by atoms with Crippen LogP contribution in [0.4, 0.5) is 0 Å². The lowest BCUT2D eigenvalue weighted by Crippen LogP contribution is -2.68. The number of carbonyl (C=O) groups excluding carboxylic acids is 1. The molecular formula is C22H43N3O3. The first-order valence-electron chi connectivity index (χ1n) is 10.6. The lowest BCUT2D eigenvalue weighted by Gasteiger charge is -2.59. The number of amides is 1. The molecule has 0 N–H and O–H groups in total. The van der Waals surface area contributed by atoms with E-state index < -0.39 is 0 Å². The van der Waals surface area contributed by atoms with Crippen molar-refractivity contribution in [3.05, 3.63) is 0 Å². The molecule has 2 aliphatic heterocycles. The monoisotopic (exact) mass is 397 g/mol. The topological polar surface area (TPSA) is 45.2 Å². The predicted octanol–water partition coefficient (Wildman–Crippen LogP) is 4.00. The Kier molecular flexibility index (Phi) is 6.34. The highest BCUT2D eigenvalue weighted by Gasteiger charge is 2.52. The Morgan fingerprint density at radius 3 is 1.14 bits per heavy atom. The Morgan fingerprint density at radius 2 is 0.964 bits per heavy atom. The largest absolute Gasteiger partial charge is 0.337 e. The molecule has 0 aliphatic carbocycles. The third kappa shape index (κ3) is 4.25. The van der Waals surface area contributed by atoms with E-state index in [9.17, 15) is 4.79 Å². The molecule has 2 aliphatic rings. The van der Waals surface area contributed by atoms with Crippen LogP contribution in [-0.2, 0) is 14.5 Å². The van der Waals surface area contributed by atoms with E-state index in [2.05, 4.69) is 70.4 Å². The molecule has 0 saturated carbocycles. The minimum Gasteiger partial charge on any atom is -0.337 e. The number of carbonyl (C=O) groups is 1. The van der Waals surface area contributed by atoms with Gasteiger partial charge in [0.15, 0.2) is 0 Å². The van der Waals surface area contributed by atoms with Gasteiger partial charge in [-0.1, -0.05) is 0 Å². The van der Waals surface area contributed by atoms with Crippen LogP contribution >= 0.6 is 0 Å². The standard InChI is InChI=1S/C22H43N3O3/c1-16(26)23(17-12-19(2,3)24(27-10)20(4,5)13-17)18-14-21(6,7)25(28-11)22(8,9)15-18/h17-18H,12-15H2,1-11H3. The maximum Gasteiger partial charge on any atom is 0.219 e. The van der Waals surface area contributed by atoms with Gasteiger partial charge in [-0.3, -0.25) is 4.79 Å². The zero-order chi connectivity index (χ0) is 21.7. The minimum absolute atomic E-state index is 0.146. The first kappa shape index (κ1) is 23.6. The second-order valence-electron chi connectivity index (χ2n) is 11.3. The summed E-state index contributed by atoms with van der Waals surface area (Å²) in [6.07, 6.45) is 3.59. The maximum atomic E-state index is 12.9. The molecule has 2 rings (SSSR count). The summed E-state index contributed by atoms with van der Waals surface area (Å²) >= 11 is 0. The maximum absolute atomic E-state index is 12.9. The molecule has 0 bridgehead atoms. The molecule has 28 heavy (non-hydrogen) atoms. The molecule has 1 amide bonds. The summed E-state index contributed by atoms with van der Waals surface area (Å²) in [6.45, 7) is 19.4. The molecule has 2 saturated heterocycles. The van der Waals surface area contributed by atoms with E-state index in [1.165, 1.54) is 0 Å². The normalized spacial score (nSPS) is 28.2. The molecule has 6 heteroatoms. The van der Waals surface area contributed by atoms with Gasteiger partial charge in [-0.05, 0) is 81.1 Å². The van der Waals surface area contributed by atoms with E-state index in [0.717, 1.165) is 25.7 Å². The van der Waals surface area contributed by atoms with Crippen LogP contribution < -0.4 is 0 Å². The lowest BCUT2D eigenvalue weighted by atomic mass is 9.74. The number of hydrogen-bond acceptors (Lipinski definition) is 5. The third-order valence-corrected chi connectivity index (χ3v) is 6.66. The van der Waals surface area contributed by atoms with E-state index in [0.29, 0.717) is 0 Å². The van der Waals surface area contributed by atoms with Gasteiger partial charge < -0.3 is 14.6 Å². The molecule has 6 nitrogen and oxygen atoms in total. The van der Waals surface area contributed by atoms with E-state index in [1.807, 2.05) is 0 Å². The fourth-order valence-corrected chi connectivity index (χ4v) is 6.62. The Balaban J connectivity index is 2.38. The molecule has 0 aromatic rings. The van der Waals surface area contributed by atoms with Crippen LogP contribution in [0.5, 0.6) is 0 Å². The number of rotatable bonds is 4. The van der Waals surface area contributed by atoms with E-state index in [4.69, 9.17) is 9.68 Å². The molecular weight excluding hydrogens is 354 g/mol. The highest BCUT2D eigenvalue weighted by molar-refractivity contribution is 5.74. The van der Waals surface area contributed by atoms with Crippen LogP contribution in [0.2, 0.25) is 0 Å². The molecule has 0 aromatic heterocycles. The Morgan fingerprint density at radius 1 is 0.714 bits per heavy atom. The molecule has 0 radical (unpaired) electrons. The van der Waals surface area contributed by atoms with Crippen LogP contribution in [-0.4, -0.2) is 69.4 Å². The van der Waals surface area contributed by atoms with Gasteiger partial charge in [-0.15, -0.1) is 0 Å². The van der Waals surface area contributed by atoms with Crippen molar-refractivity contribution in [3.63, 3.8) is 0 Å². The smallest absolute Gasteiger partial charge is 0.219 e. The van der Waals surface area contributed by atoms with Crippen molar-refractivity contribution < 1.29 is 14.5 Å². The molecule has 0 unspecified atom stereocenters. The zero-order valence-electron chi connectivity index (χ0n) is 20.0. The number of hydroxylamine groups is 4. The van der Waals surface area contributed by atoms with Gasteiger partial charge in [0.1, 0.15) is 0 Å². The molecule has 0 spiro atoms. The second-order valence-corrected chi connectivity index (χ2v) is 11.3. The predicted molar refractivity (Wildman–Crippen MR) is 113 cm³/mol. The molecule has 0 aromatic carbocycles. The number of nitrogens with zero attached hydrogens (tertiary/aromatic N) is 3. The summed E-state index contributed by atoms with van der Waals surface area (Å²) in [4.78, 5) is 26.6. The molecule has 0 atom stereocenters. The minimum atomic E-state index is -0.146. The first-order chi connectivity index (χ1) is 12.6. The van der Waals surface area contributed by atoms with Gasteiger partial charge in [0, 0.05) is 41.2 Å². The fraction of sp³-hybridized carbons (Fsp3) is 0.955. The molecule has 2 fully saturated rings. The highest BCUT2D eigenvalue weighted by atomic mass is 16.7. The third-order valence-electron chi connectivity index (χ3n) is 6.66. The Bertz CT molecular complexity index is 506. The van der Waals surface area contributed by atoms with Crippen molar-refractivity contribution in [2.24, 2.45) is 0 Å². The first-order valence-corrected chi connectivity index (χ1v) is 10.6. The summed E-state index contributed by atoms with van der Waals surface area (Å²) in [5, 5.41) is 4.21. The fourth-order valence-electron chi connectivity index (χ4n) is 6.62. The van der Waals surface area contributed by atoms with Crippen LogP contribution in [0.3, 0.4) is 0 Å². The highest BCUT2D eigenvalue weighted by Crippen LogP contribution is 2.45. The van der Waals surface area contributed by atoms with Crippen molar-refractivity contribution in [3.8, 4) is 0 Å². The van der Waals surface area contributed by atoms with Gasteiger partial charge >= 0.3 is 0 Å². The van der Waals surface area contributed by atoms with Gasteiger partial charge in [-0.25, -0.2) is 0 Å². The van der Waals surface area contributed by atoms with Gasteiger partial charge in [0.2, 0.25) is 5.91 Å². The summed E-state index contributed by atoms with van der Waals surface area (Å²) in [5.74, 6) is 0.171. The van der Waals surface area contributed by atoms with Crippen molar-refractivity contribution in [1.29, 1.82) is 0 Å². The molecule has 2 heterocycles. The summed E-state index contributed by atoms with van der Waals surface area (Å²) in [6, 6.07) is 0.388. The summed E-state index contributed by atoms with van der Waals surface area (Å²) in [5.41, 5.74) is -0.583. The number of piperidine rings is 2. The lowest BCUT2D eigenvalue weighted by molar-refractivity contribution is -0.283. The van der Waals surface area contributed by atoms with Crippen molar-refractivity contribution in [2.45, 2.75) is 122 Å². The molecule has 164 valence electrons. The van der Waals surface area contributed by atoms with Crippen molar-refractivity contribution >= 4 is 5.91 Å². The Hall–Kier alpha value is -0.690. The van der Waals surface area contributed by atoms with E-state index >= 15 is 0 Å². The van der Waals surface area contributed by atoms with Crippen LogP contribution in [0.15, 0.2) is 0 Å². The summed E-state index contributed by atoms with van der Waals surface area (Å²) in [7, 11) is 3.50. The summed E-state index contributed by atoms with van der Waals surface area (Å²) < 4.78 is 0. The van der Waals surface area contributed by atoms with E-state index in [-0.39, 0.29) is 40.1 Å². The zero-order valence-corrected chi connectivity index (χ0v) is 20.0. The van der Waals surface area contributed by atoms with Gasteiger partial charge in [0.25, 0.3) is 0 Å². The average Bonchev–Trinajstić information content (AvgIpc) is 2.42. The second kappa shape index (κ2) is 7.53. The van der Waals surface area contributed by atoms with Crippen molar-refractivity contribution in [2.75, 3.05) is 14.2 Å². The van der Waals surface area contributed by atoms with Crippen LogP contribution in [0.1, 0.15) is 88.0 Å². The quantitative estimate of drug-likeness (QED) is 0.717. The van der Waals surface area contributed by atoms with Crippen molar-refractivity contribution in [1.82, 2.24) is 15.0 Å². The Labute approximate surface area is 172 Å². The average molecular weight is 398 g/mol. The SMILES string of the molecule is CON1C(C)(C)CC(N(C(C)=O)C2CC(C)(C)N(OC)C(C)(C)C2)CC1(C)C. The van der Waals surface area contributed by atoms with Gasteiger partial charge in [-0.2, -0.15) is 10.1 Å². The van der Waals surface area contributed by atoms with Gasteiger partial charge in [0.05, 0.1) is 14.2 Å². The number of hydrogen-bond donors (Lipinski definition) is 0.